The van der Waals surface area contributed by atoms with E-state index in [1.807, 2.05) is 6.92 Å². The number of amides is 2. The van der Waals surface area contributed by atoms with E-state index in [4.69, 9.17) is 4.74 Å². The summed E-state index contributed by atoms with van der Waals surface area (Å²) in [5, 5.41) is 11.7. The van der Waals surface area contributed by atoms with Gasteiger partial charge in [-0.25, -0.2) is 12.7 Å². The minimum absolute atomic E-state index is 0.0118. The molecule has 3 heterocycles. The van der Waals surface area contributed by atoms with Crippen LogP contribution in [0.4, 0.5) is 5.69 Å². The van der Waals surface area contributed by atoms with E-state index in [1.54, 1.807) is 29.2 Å². The van der Waals surface area contributed by atoms with Gasteiger partial charge in [0.15, 0.2) is 5.54 Å². The van der Waals surface area contributed by atoms with Gasteiger partial charge in [-0.05, 0) is 24.6 Å². The van der Waals surface area contributed by atoms with Crippen LogP contribution in [0.1, 0.15) is 24.5 Å². The molecule has 0 aliphatic carbocycles. The number of nitrogens with zero attached hydrogens (tertiary/aromatic N) is 4. The first-order valence-electron chi connectivity index (χ1n) is 13.6. The number of aliphatic hydroxyl groups is 1. The fourth-order valence-corrected chi connectivity index (χ4v) is 6.79. The lowest BCUT2D eigenvalue weighted by Crippen LogP contribution is -2.54. The highest BCUT2D eigenvalue weighted by molar-refractivity contribution is 7.89. The van der Waals surface area contributed by atoms with E-state index >= 15 is 0 Å². The Morgan fingerprint density at radius 1 is 1.00 bits per heavy atom. The van der Waals surface area contributed by atoms with Gasteiger partial charge in [-0.15, -0.1) is 0 Å². The number of morpholine rings is 1. The van der Waals surface area contributed by atoms with Crippen molar-refractivity contribution in [3.63, 3.8) is 0 Å². The number of benzene rings is 2. The Kier molecular flexibility index (Phi) is 7.77. The molecule has 0 saturated carbocycles. The van der Waals surface area contributed by atoms with Crippen molar-refractivity contribution in [1.29, 1.82) is 0 Å². The Balaban J connectivity index is 1.72. The minimum Gasteiger partial charge on any atom is -0.507 e. The van der Waals surface area contributed by atoms with Crippen LogP contribution < -0.4 is 4.90 Å². The van der Waals surface area contributed by atoms with Gasteiger partial charge in [-0.1, -0.05) is 37.3 Å². The molecule has 0 aromatic heterocycles. The van der Waals surface area contributed by atoms with Crippen molar-refractivity contribution < 1.29 is 32.6 Å². The zero-order valence-corrected chi connectivity index (χ0v) is 24.2. The van der Waals surface area contributed by atoms with Crippen LogP contribution in [0.5, 0.6) is 0 Å². The molecule has 5 rings (SSSR count). The van der Waals surface area contributed by atoms with Gasteiger partial charge in [-0.2, -0.15) is 0 Å². The third kappa shape index (κ3) is 4.55. The summed E-state index contributed by atoms with van der Waals surface area (Å²) < 4.78 is 32.1. The molecule has 0 radical (unpaired) electrons. The Morgan fingerprint density at radius 3 is 2.39 bits per heavy atom. The first kappa shape index (κ1) is 28.9. The summed E-state index contributed by atoms with van der Waals surface area (Å²) in [4.78, 5) is 46.9. The number of ketones is 1. The average Bonchev–Trinajstić information content (AvgIpc) is 3.35. The number of sulfonamides is 1. The summed E-state index contributed by atoms with van der Waals surface area (Å²) in [7, 11) is -1.10. The number of ether oxygens (including phenoxy) is 1. The Bertz CT molecular complexity index is 1530. The molecule has 1 spiro atoms. The standard InChI is InChI=1S/C29H34N4O7S/c1-4-12-32-23-11-6-5-10-22(23)29(28(32)37)24(25(34)20-8-7-9-21(19-20)41(38,39)30(2)3)26(35)27(36)33(29)14-13-31-15-17-40-18-16-31/h5-11,19,34H,4,12-18H2,1-3H3/t29-/m0/s1. The molecule has 218 valence electrons. The molecule has 1 N–H and O–H groups in total. The summed E-state index contributed by atoms with van der Waals surface area (Å²) >= 11 is 0. The molecule has 2 saturated heterocycles. The Labute approximate surface area is 239 Å². The number of rotatable bonds is 8. The third-order valence-corrected chi connectivity index (χ3v) is 9.70. The van der Waals surface area contributed by atoms with E-state index in [0.717, 1.165) is 4.31 Å². The second kappa shape index (κ2) is 11.0. The van der Waals surface area contributed by atoms with E-state index in [1.165, 1.54) is 43.3 Å². The van der Waals surface area contributed by atoms with Crippen molar-refractivity contribution >= 4 is 39.1 Å². The van der Waals surface area contributed by atoms with E-state index in [9.17, 15) is 27.9 Å². The second-order valence-corrected chi connectivity index (χ2v) is 12.6. The maximum Gasteiger partial charge on any atom is 0.296 e. The predicted octanol–water partition coefficient (Wildman–Crippen LogP) is 1.60. The second-order valence-electron chi connectivity index (χ2n) is 10.5. The molecule has 11 nitrogen and oxygen atoms in total. The number of para-hydroxylation sites is 1. The number of anilines is 1. The molecule has 3 aliphatic rings. The fraction of sp³-hybridized carbons (Fsp3) is 0.414. The fourth-order valence-electron chi connectivity index (χ4n) is 5.84. The maximum absolute atomic E-state index is 14.5. The predicted molar refractivity (Wildman–Crippen MR) is 152 cm³/mol. The third-order valence-electron chi connectivity index (χ3n) is 7.89. The lowest BCUT2D eigenvalue weighted by atomic mass is 9.82. The summed E-state index contributed by atoms with van der Waals surface area (Å²) in [5.41, 5.74) is -1.25. The highest BCUT2D eigenvalue weighted by atomic mass is 32.2. The maximum atomic E-state index is 14.5. The van der Waals surface area contributed by atoms with E-state index in [2.05, 4.69) is 4.90 Å². The molecular formula is C29H34N4O7S. The normalized spacial score (nSPS) is 22.8. The van der Waals surface area contributed by atoms with Crippen LogP contribution in [-0.4, -0.2) is 105 Å². The summed E-state index contributed by atoms with van der Waals surface area (Å²) in [6.45, 7) is 5.13. The van der Waals surface area contributed by atoms with Crippen LogP contribution in [0.15, 0.2) is 59.0 Å². The van der Waals surface area contributed by atoms with Crippen molar-refractivity contribution in [2.45, 2.75) is 23.8 Å². The molecule has 2 fully saturated rings. The number of carbonyl (C=O) groups is 3. The zero-order chi connectivity index (χ0) is 29.5. The number of carbonyl (C=O) groups excluding carboxylic acids is 3. The number of likely N-dealkylation sites (tertiary alicyclic amines) is 1. The molecule has 2 amide bonds. The van der Waals surface area contributed by atoms with Gasteiger partial charge in [-0.3, -0.25) is 19.3 Å². The van der Waals surface area contributed by atoms with Crippen molar-refractivity contribution in [3.05, 3.63) is 65.2 Å². The quantitative estimate of drug-likeness (QED) is 0.283. The van der Waals surface area contributed by atoms with Gasteiger partial charge in [0, 0.05) is 57.9 Å². The van der Waals surface area contributed by atoms with Crippen LogP contribution in [0.3, 0.4) is 0 Å². The minimum atomic E-state index is -3.87. The Morgan fingerprint density at radius 2 is 1.71 bits per heavy atom. The monoisotopic (exact) mass is 582 g/mol. The van der Waals surface area contributed by atoms with E-state index < -0.39 is 38.9 Å². The lowest BCUT2D eigenvalue weighted by Gasteiger charge is -2.36. The number of Topliss-reactive ketones (excluding diaryl/α,β-unsaturated/α-hetero) is 1. The van der Waals surface area contributed by atoms with E-state index in [-0.39, 0.29) is 22.6 Å². The summed E-state index contributed by atoms with van der Waals surface area (Å²) in [5.74, 6) is -2.99. The first-order chi connectivity index (χ1) is 19.6. The topological polar surface area (TPSA) is 128 Å². The van der Waals surface area contributed by atoms with Crippen LogP contribution in [0, 0.1) is 0 Å². The molecular weight excluding hydrogens is 548 g/mol. The molecule has 2 aromatic carbocycles. The van der Waals surface area contributed by atoms with Crippen molar-refractivity contribution in [1.82, 2.24) is 14.1 Å². The molecule has 41 heavy (non-hydrogen) atoms. The van der Waals surface area contributed by atoms with Gasteiger partial charge >= 0.3 is 0 Å². The number of fused-ring (bicyclic) bond motifs is 2. The van der Waals surface area contributed by atoms with Gasteiger partial charge in [0.2, 0.25) is 10.0 Å². The Hall–Kier alpha value is -3.58. The lowest BCUT2D eigenvalue weighted by molar-refractivity contribution is -0.144. The highest BCUT2D eigenvalue weighted by Crippen LogP contribution is 2.53. The summed E-state index contributed by atoms with van der Waals surface area (Å²) in [6, 6.07) is 12.5. The highest BCUT2D eigenvalue weighted by Gasteiger charge is 2.67. The van der Waals surface area contributed by atoms with E-state index in [0.29, 0.717) is 57.1 Å². The molecule has 1 atom stereocenters. The van der Waals surface area contributed by atoms with Crippen LogP contribution in [0.2, 0.25) is 0 Å². The van der Waals surface area contributed by atoms with Gasteiger partial charge in [0.1, 0.15) is 5.76 Å². The zero-order valence-electron chi connectivity index (χ0n) is 23.4. The largest absolute Gasteiger partial charge is 0.507 e. The average molecular weight is 583 g/mol. The molecule has 0 bridgehead atoms. The van der Waals surface area contributed by atoms with Gasteiger partial charge in [0.25, 0.3) is 17.6 Å². The molecule has 12 heteroatoms. The van der Waals surface area contributed by atoms with Crippen LogP contribution >= 0.6 is 0 Å². The molecule has 3 aliphatic heterocycles. The smallest absolute Gasteiger partial charge is 0.296 e. The SMILES string of the molecule is CCCN1C(=O)[C@@]2(C(=C(O)c3cccc(S(=O)(=O)N(C)C)c3)C(=O)C(=O)N2CCN2CCOCC2)c2ccccc21. The first-order valence-corrected chi connectivity index (χ1v) is 15.0. The van der Waals surface area contributed by atoms with Crippen LogP contribution in [-0.2, 0) is 34.7 Å². The number of hydrogen-bond acceptors (Lipinski definition) is 8. The van der Waals surface area contributed by atoms with Crippen molar-refractivity contribution in [2.75, 3.05) is 64.9 Å². The molecule has 2 aromatic rings. The van der Waals surface area contributed by atoms with Crippen molar-refractivity contribution in [2.24, 2.45) is 0 Å². The van der Waals surface area contributed by atoms with Crippen molar-refractivity contribution in [3.8, 4) is 0 Å². The van der Waals surface area contributed by atoms with Gasteiger partial charge < -0.3 is 19.6 Å². The molecule has 0 unspecified atom stereocenters. The summed E-state index contributed by atoms with van der Waals surface area (Å²) in [6.07, 6.45) is 0.626. The number of aliphatic hydroxyl groups excluding tert-OH is 1. The van der Waals surface area contributed by atoms with Crippen LogP contribution in [0.25, 0.3) is 5.76 Å². The number of hydrogen-bond donors (Lipinski definition) is 1. The van der Waals surface area contributed by atoms with Gasteiger partial charge in [0.05, 0.1) is 29.4 Å².